The van der Waals surface area contributed by atoms with Gasteiger partial charge in [-0.05, 0) is 0 Å². The van der Waals surface area contributed by atoms with Crippen LogP contribution in [-0.4, -0.2) is 38.9 Å². The van der Waals surface area contributed by atoms with Crippen molar-refractivity contribution in [1.82, 2.24) is 0 Å². The van der Waals surface area contributed by atoms with E-state index < -0.39 is 5.97 Å². The summed E-state index contributed by atoms with van der Waals surface area (Å²) >= 11 is 3.64. The fourth-order valence-electron chi connectivity index (χ4n) is 0. The number of halogens is 2. The first kappa shape index (κ1) is 11.6. The maximum absolute atomic E-state index is 9.68. The van der Waals surface area contributed by atoms with E-state index in [1.165, 1.54) is 0 Å². The molecule has 3 radical (unpaired) electrons. The number of carbonyl (C=O) groups is 1. The van der Waals surface area contributed by atoms with Gasteiger partial charge in [0.1, 0.15) is 0 Å². The molecular weight excluding hydrogens is 425 g/mol. The molecule has 0 rings (SSSR count). The summed E-state index contributed by atoms with van der Waals surface area (Å²) in [5, 5.41) is 7.98. The van der Waals surface area contributed by atoms with E-state index in [0.29, 0.717) is 0 Å². The van der Waals surface area contributed by atoms with Crippen molar-refractivity contribution in [2.45, 2.75) is 1.93 Å². The van der Waals surface area contributed by atoms with E-state index in [1.807, 2.05) is 45.2 Å². The smallest absolute Gasteiger partial charge is 0.326 e. The van der Waals surface area contributed by atoms with Gasteiger partial charge >= 0.3 is 5.97 Å². The number of carboxylic acids is 1. The number of hydrogen-bond donors (Lipinski definition) is 1. The summed E-state index contributed by atoms with van der Waals surface area (Å²) in [5.41, 5.74) is 0. The minimum Gasteiger partial charge on any atom is -0.480 e. The van der Waals surface area contributed by atoms with Crippen molar-refractivity contribution in [3.63, 3.8) is 0 Å². The fraction of sp³-hybridized carbons (Fsp3) is 0.500. The molecule has 0 bridgehead atoms. The number of carboxylic acid groups (broad SMARTS) is 1. The van der Waals surface area contributed by atoms with Gasteiger partial charge in [0.05, 0.1) is 0 Å². The maximum Gasteiger partial charge on any atom is 0.326 e. The molecule has 0 aromatic carbocycles. The number of aliphatic carboxylic acids is 1. The average molecular weight is 427 g/mol. The molecule has 0 aliphatic heterocycles. The molecule has 0 atom stereocenters. The van der Waals surface area contributed by atoms with Crippen LogP contribution in [-0.2, 0) is 4.79 Å². The van der Waals surface area contributed by atoms with Crippen molar-refractivity contribution in [1.29, 1.82) is 0 Å². The zero-order valence-corrected chi connectivity index (χ0v) is 10.9. The summed E-state index contributed by atoms with van der Waals surface area (Å²) in [7, 11) is 0. The molecule has 5 heteroatoms. The van der Waals surface area contributed by atoms with Gasteiger partial charge < -0.3 is 5.11 Å². The second kappa shape index (κ2) is 5.93. The van der Waals surface area contributed by atoms with E-state index >= 15 is 0 Å². The first-order valence-corrected chi connectivity index (χ1v) is 3.64. The molecule has 0 saturated heterocycles. The Hall–Kier alpha value is 1.80. The van der Waals surface area contributed by atoms with Gasteiger partial charge in [-0.2, -0.15) is 0 Å². The molecule has 0 amide bonds. The molecule has 39 valence electrons. The Morgan fingerprint density at radius 3 is 1.71 bits per heavy atom. The van der Waals surface area contributed by atoms with Crippen LogP contribution in [0, 0.1) is 0 Å². The Kier molecular flexibility index (Phi) is 9.81. The molecule has 0 aliphatic rings. The van der Waals surface area contributed by atoms with E-state index in [0.717, 1.165) is 0 Å². The Labute approximate surface area is 87.5 Å². The van der Waals surface area contributed by atoms with Crippen LogP contribution in [0.4, 0.5) is 0 Å². The van der Waals surface area contributed by atoms with Gasteiger partial charge in [0.2, 0.25) is 0 Å². The predicted octanol–water partition coefficient (Wildman–Crippen LogP) is 0.886. The zero-order chi connectivity index (χ0) is 5.15. The van der Waals surface area contributed by atoms with E-state index in [9.17, 15) is 4.79 Å². The molecule has 7 heavy (non-hydrogen) atoms. The van der Waals surface area contributed by atoms with Gasteiger partial charge in [0, 0.05) is 25.8 Å². The van der Waals surface area contributed by atoms with Gasteiger partial charge in [0.15, 0.2) is 1.93 Å². The summed E-state index contributed by atoms with van der Waals surface area (Å²) in [6.07, 6.45) is 0. The van der Waals surface area contributed by atoms with Gasteiger partial charge in [0.25, 0.3) is 0 Å². The standard InChI is InChI=1S/C2H2I2O2.In/c3-1(4)2(5)6;/h1H,(H,5,6);. The minimum absolute atomic E-state index is 0. The van der Waals surface area contributed by atoms with Crippen molar-refractivity contribution in [2.24, 2.45) is 0 Å². The van der Waals surface area contributed by atoms with Crippen LogP contribution in [0.3, 0.4) is 0 Å². The first-order chi connectivity index (χ1) is 2.64. The molecule has 0 unspecified atom stereocenters. The van der Waals surface area contributed by atoms with Crippen molar-refractivity contribution >= 4 is 77.0 Å². The van der Waals surface area contributed by atoms with E-state index in [4.69, 9.17) is 5.11 Å². The molecule has 2 nitrogen and oxygen atoms in total. The maximum atomic E-state index is 9.68. The second-order valence-corrected chi connectivity index (χ2v) is 5.51. The number of rotatable bonds is 1. The van der Waals surface area contributed by atoms with E-state index in [1.54, 1.807) is 0 Å². The molecule has 0 aromatic heterocycles. The summed E-state index contributed by atoms with van der Waals surface area (Å²) in [6.45, 7) is 0. The minimum atomic E-state index is -0.767. The SMILES string of the molecule is O=C(O)C(I)I.[In]. The van der Waals surface area contributed by atoms with E-state index in [2.05, 4.69) is 0 Å². The van der Waals surface area contributed by atoms with Crippen LogP contribution in [0.15, 0.2) is 0 Å². The monoisotopic (exact) mass is 427 g/mol. The summed E-state index contributed by atoms with van der Waals surface area (Å²) in [6, 6.07) is 0. The quantitative estimate of drug-likeness (QED) is 0.499. The van der Waals surface area contributed by atoms with Crippen LogP contribution >= 0.6 is 45.2 Å². The van der Waals surface area contributed by atoms with Crippen LogP contribution in [0.25, 0.3) is 0 Å². The molecule has 0 spiro atoms. The summed E-state index contributed by atoms with van der Waals surface area (Å²) < 4.78 is -0.291. The van der Waals surface area contributed by atoms with Crippen molar-refractivity contribution < 1.29 is 9.90 Å². The summed E-state index contributed by atoms with van der Waals surface area (Å²) in [4.78, 5) is 9.68. The van der Waals surface area contributed by atoms with Crippen LogP contribution in [0.2, 0.25) is 0 Å². The first-order valence-electron chi connectivity index (χ1n) is 1.15. The molecule has 0 saturated carbocycles. The average Bonchev–Trinajstić information content (AvgIpc) is 1.36. The van der Waals surface area contributed by atoms with Crippen molar-refractivity contribution in [3.05, 3.63) is 0 Å². The van der Waals surface area contributed by atoms with Crippen LogP contribution in [0.1, 0.15) is 0 Å². The Balaban J connectivity index is 0. The topological polar surface area (TPSA) is 37.3 Å². The molecule has 0 aliphatic carbocycles. The summed E-state index contributed by atoms with van der Waals surface area (Å²) in [5.74, 6) is -0.767. The third-order valence-corrected chi connectivity index (χ3v) is 1.25. The Morgan fingerprint density at radius 2 is 1.71 bits per heavy atom. The Bertz CT molecular complexity index is 64.7. The third kappa shape index (κ3) is 7.80. The fourth-order valence-corrected chi connectivity index (χ4v) is 0. The van der Waals surface area contributed by atoms with E-state index in [-0.39, 0.29) is 27.8 Å². The van der Waals surface area contributed by atoms with Crippen LogP contribution in [0.5, 0.6) is 0 Å². The number of alkyl halides is 2. The third-order valence-electron chi connectivity index (χ3n) is 0.187. The molecule has 0 heterocycles. The second-order valence-electron chi connectivity index (χ2n) is 0.639. The van der Waals surface area contributed by atoms with Gasteiger partial charge in [-0.3, -0.25) is 4.79 Å². The molecular formula is C2H2I2InO2. The largest absolute Gasteiger partial charge is 0.480 e. The van der Waals surface area contributed by atoms with Gasteiger partial charge in [-0.25, -0.2) is 0 Å². The molecule has 1 N–H and O–H groups in total. The zero-order valence-electron chi connectivity index (χ0n) is 3.27. The van der Waals surface area contributed by atoms with Gasteiger partial charge in [-0.15, -0.1) is 0 Å². The number of hydrogen-bond acceptors (Lipinski definition) is 1. The Morgan fingerprint density at radius 1 is 1.57 bits per heavy atom. The molecule has 0 aromatic rings. The van der Waals surface area contributed by atoms with Crippen molar-refractivity contribution in [2.75, 3.05) is 0 Å². The van der Waals surface area contributed by atoms with Crippen LogP contribution < -0.4 is 0 Å². The predicted molar refractivity (Wildman–Crippen MR) is 45.2 cm³/mol. The normalized spacial score (nSPS) is 7.86. The van der Waals surface area contributed by atoms with Crippen molar-refractivity contribution in [3.8, 4) is 0 Å². The van der Waals surface area contributed by atoms with Gasteiger partial charge in [-0.1, -0.05) is 45.2 Å². The molecule has 0 fully saturated rings.